The molecule has 0 aliphatic carbocycles. The summed E-state index contributed by atoms with van der Waals surface area (Å²) in [6.07, 6.45) is -3.15. The number of anilines is 2. The van der Waals surface area contributed by atoms with Crippen molar-refractivity contribution in [2.45, 2.75) is 12.7 Å². The first kappa shape index (κ1) is 12.1. The number of nitrogen functional groups attached to an aromatic ring is 1. The maximum Gasteiger partial charge on any atom is 0.433 e. The lowest BCUT2D eigenvalue weighted by Crippen LogP contribution is -2.12. The molecule has 96 valence electrons. The highest BCUT2D eigenvalue weighted by atomic mass is 19.4. The minimum Gasteiger partial charge on any atom is -0.368 e. The van der Waals surface area contributed by atoms with E-state index in [0.29, 0.717) is 5.76 Å². The van der Waals surface area contributed by atoms with E-state index in [1.807, 2.05) is 0 Å². The van der Waals surface area contributed by atoms with Crippen LogP contribution in [0.3, 0.4) is 0 Å². The van der Waals surface area contributed by atoms with Crippen LogP contribution in [-0.2, 0) is 12.7 Å². The molecular formula is C9H8F3N5O. The molecule has 0 bridgehead atoms. The highest BCUT2D eigenvalue weighted by molar-refractivity contribution is 5.41. The number of aromatic nitrogens is 3. The first-order valence-corrected chi connectivity index (χ1v) is 4.80. The zero-order chi connectivity index (χ0) is 13.2. The van der Waals surface area contributed by atoms with E-state index in [1.54, 1.807) is 6.07 Å². The number of hydrogen-bond donors (Lipinski definition) is 2. The van der Waals surface area contributed by atoms with Crippen molar-refractivity contribution in [3.8, 4) is 0 Å². The molecule has 0 fully saturated rings. The van der Waals surface area contributed by atoms with E-state index in [2.05, 4.69) is 20.4 Å². The van der Waals surface area contributed by atoms with Gasteiger partial charge >= 0.3 is 6.18 Å². The largest absolute Gasteiger partial charge is 0.433 e. The lowest BCUT2D eigenvalue weighted by molar-refractivity contribution is -0.141. The fourth-order valence-electron chi connectivity index (χ4n) is 1.21. The number of nitrogens with one attached hydrogen (secondary N) is 1. The molecule has 0 radical (unpaired) electrons. The highest BCUT2D eigenvalue weighted by Gasteiger charge is 2.33. The Labute approximate surface area is 99.0 Å². The summed E-state index contributed by atoms with van der Waals surface area (Å²) >= 11 is 0. The summed E-state index contributed by atoms with van der Waals surface area (Å²) in [5, 5.41) is 6.09. The summed E-state index contributed by atoms with van der Waals surface area (Å²) in [5.41, 5.74) is 4.11. The second-order valence-electron chi connectivity index (χ2n) is 3.33. The Balaban J connectivity index is 2.15. The first-order chi connectivity index (χ1) is 8.45. The van der Waals surface area contributed by atoms with Crippen molar-refractivity contribution in [2.75, 3.05) is 11.1 Å². The number of halogens is 3. The molecule has 0 aliphatic heterocycles. The maximum absolute atomic E-state index is 12.5. The third kappa shape index (κ3) is 2.87. The Morgan fingerprint density at radius 2 is 2.11 bits per heavy atom. The Kier molecular flexibility index (Phi) is 3.04. The molecule has 0 aliphatic rings. The Morgan fingerprint density at radius 1 is 1.33 bits per heavy atom. The fraction of sp³-hybridized carbons (Fsp3) is 0.222. The van der Waals surface area contributed by atoms with Crippen molar-refractivity contribution < 1.29 is 17.7 Å². The highest BCUT2D eigenvalue weighted by Crippen LogP contribution is 2.29. The standard InChI is InChI=1S/C9H8F3N5O/c10-9(11,12)6-3-7(17-8(13)16-6)14-4-5-1-2-15-18-5/h1-3H,4H2,(H3,13,14,16,17). The SMILES string of the molecule is Nc1nc(NCc2ccno2)cc(C(F)(F)F)n1. The van der Waals surface area contributed by atoms with Crippen LogP contribution in [0.4, 0.5) is 24.9 Å². The van der Waals surface area contributed by atoms with Gasteiger partial charge in [0.2, 0.25) is 5.95 Å². The number of rotatable bonds is 3. The van der Waals surface area contributed by atoms with Crippen molar-refractivity contribution in [1.82, 2.24) is 15.1 Å². The van der Waals surface area contributed by atoms with Crippen LogP contribution in [0, 0.1) is 0 Å². The number of alkyl halides is 3. The predicted octanol–water partition coefficient (Wildman–Crippen LogP) is 1.68. The van der Waals surface area contributed by atoms with Gasteiger partial charge in [-0.25, -0.2) is 4.98 Å². The van der Waals surface area contributed by atoms with Gasteiger partial charge in [0.15, 0.2) is 11.5 Å². The average molecular weight is 259 g/mol. The lowest BCUT2D eigenvalue weighted by Gasteiger charge is -2.09. The van der Waals surface area contributed by atoms with Crippen molar-refractivity contribution in [3.63, 3.8) is 0 Å². The summed E-state index contributed by atoms with van der Waals surface area (Å²) in [4.78, 5) is 6.76. The van der Waals surface area contributed by atoms with Crippen LogP contribution in [0.25, 0.3) is 0 Å². The minimum atomic E-state index is -4.57. The zero-order valence-corrected chi connectivity index (χ0v) is 8.90. The van der Waals surface area contributed by atoms with Crippen LogP contribution < -0.4 is 11.1 Å². The van der Waals surface area contributed by atoms with E-state index in [9.17, 15) is 13.2 Å². The topological polar surface area (TPSA) is 89.9 Å². The van der Waals surface area contributed by atoms with Gasteiger partial charge in [-0.1, -0.05) is 5.16 Å². The molecule has 6 nitrogen and oxygen atoms in total. The van der Waals surface area contributed by atoms with E-state index in [1.165, 1.54) is 6.20 Å². The Bertz CT molecular complexity index is 525. The van der Waals surface area contributed by atoms with E-state index in [-0.39, 0.29) is 12.4 Å². The summed E-state index contributed by atoms with van der Waals surface area (Å²) in [6, 6.07) is 2.34. The number of nitrogens with two attached hydrogens (primary N) is 1. The van der Waals surface area contributed by atoms with E-state index in [4.69, 9.17) is 10.3 Å². The first-order valence-electron chi connectivity index (χ1n) is 4.80. The van der Waals surface area contributed by atoms with Gasteiger partial charge in [-0.2, -0.15) is 18.2 Å². The fourth-order valence-corrected chi connectivity index (χ4v) is 1.21. The van der Waals surface area contributed by atoms with Crippen molar-refractivity contribution in [2.24, 2.45) is 0 Å². The van der Waals surface area contributed by atoms with Crippen LogP contribution in [0.5, 0.6) is 0 Å². The normalized spacial score (nSPS) is 11.5. The second-order valence-corrected chi connectivity index (χ2v) is 3.33. The summed E-state index contributed by atoms with van der Waals surface area (Å²) < 4.78 is 42.2. The molecule has 3 N–H and O–H groups in total. The van der Waals surface area contributed by atoms with Crippen LogP contribution in [0.2, 0.25) is 0 Å². The van der Waals surface area contributed by atoms with Gasteiger partial charge in [0.05, 0.1) is 12.7 Å². The monoisotopic (exact) mass is 259 g/mol. The Morgan fingerprint density at radius 3 is 2.72 bits per heavy atom. The van der Waals surface area contributed by atoms with Crippen molar-refractivity contribution in [1.29, 1.82) is 0 Å². The molecular weight excluding hydrogens is 251 g/mol. The molecule has 0 aromatic carbocycles. The molecule has 0 spiro atoms. The summed E-state index contributed by atoms with van der Waals surface area (Å²) in [7, 11) is 0. The second kappa shape index (κ2) is 4.51. The van der Waals surface area contributed by atoms with Gasteiger partial charge in [0.1, 0.15) is 5.82 Å². The van der Waals surface area contributed by atoms with Crippen LogP contribution in [0.15, 0.2) is 22.9 Å². The van der Waals surface area contributed by atoms with Crippen molar-refractivity contribution in [3.05, 3.63) is 29.8 Å². The summed E-state index contributed by atoms with van der Waals surface area (Å²) in [6.45, 7) is 0.147. The van der Waals surface area contributed by atoms with Gasteiger partial charge in [0, 0.05) is 12.1 Å². The molecule has 0 unspecified atom stereocenters. The minimum absolute atomic E-state index is 0.0359. The molecule has 0 saturated carbocycles. The van der Waals surface area contributed by atoms with E-state index < -0.39 is 17.8 Å². The van der Waals surface area contributed by atoms with E-state index >= 15 is 0 Å². The smallest absolute Gasteiger partial charge is 0.368 e. The molecule has 18 heavy (non-hydrogen) atoms. The number of nitrogens with zero attached hydrogens (tertiary/aromatic N) is 3. The molecule has 0 saturated heterocycles. The predicted molar refractivity (Wildman–Crippen MR) is 55.3 cm³/mol. The van der Waals surface area contributed by atoms with E-state index in [0.717, 1.165) is 6.07 Å². The van der Waals surface area contributed by atoms with Gasteiger partial charge < -0.3 is 15.6 Å². The molecule has 2 heterocycles. The third-order valence-electron chi connectivity index (χ3n) is 1.97. The molecule has 0 atom stereocenters. The maximum atomic E-state index is 12.5. The van der Waals surface area contributed by atoms with Gasteiger partial charge in [-0.15, -0.1) is 0 Å². The third-order valence-corrected chi connectivity index (χ3v) is 1.97. The summed E-state index contributed by atoms with van der Waals surface area (Å²) in [5.74, 6) is -0.0307. The molecule has 0 amide bonds. The van der Waals surface area contributed by atoms with Gasteiger partial charge in [-0.05, 0) is 0 Å². The molecule has 2 aromatic rings. The van der Waals surface area contributed by atoms with Crippen LogP contribution in [-0.4, -0.2) is 15.1 Å². The zero-order valence-electron chi connectivity index (χ0n) is 8.90. The van der Waals surface area contributed by atoms with Crippen molar-refractivity contribution >= 4 is 11.8 Å². The molecule has 9 heteroatoms. The number of hydrogen-bond acceptors (Lipinski definition) is 6. The average Bonchev–Trinajstić information content (AvgIpc) is 2.77. The Hall–Kier alpha value is -2.32. The quantitative estimate of drug-likeness (QED) is 0.871. The lowest BCUT2D eigenvalue weighted by atomic mass is 10.3. The van der Waals surface area contributed by atoms with Gasteiger partial charge in [0.25, 0.3) is 0 Å². The van der Waals surface area contributed by atoms with Gasteiger partial charge in [-0.3, -0.25) is 0 Å². The van der Waals surface area contributed by atoms with Crippen LogP contribution >= 0.6 is 0 Å². The molecule has 2 aromatic heterocycles. The van der Waals surface area contributed by atoms with Crippen LogP contribution in [0.1, 0.15) is 11.5 Å². The molecule has 2 rings (SSSR count).